The zero-order valence-electron chi connectivity index (χ0n) is 7.13. The zero-order chi connectivity index (χ0) is 9.56. The monoisotopic (exact) mass is 178 g/mol. The molecule has 0 saturated heterocycles. The average molecular weight is 178 g/mol. The van der Waals surface area contributed by atoms with E-state index in [-0.39, 0.29) is 19.4 Å². The number of carbonyl (C=O) groups excluding carboxylic acids is 1. The zero-order valence-corrected chi connectivity index (χ0v) is 7.13. The summed E-state index contributed by atoms with van der Waals surface area (Å²) in [6.45, 7) is 0.259. The number of ether oxygens (including phenoxy) is 1. The molecule has 0 amide bonds. The molecule has 0 heterocycles. The van der Waals surface area contributed by atoms with Crippen LogP contribution in [0, 0.1) is 0 Å². The van der Waals surface area contributed by atoms with Crippen molar-refractivity contribution >= 4 is 5.97 Å². The summed E-state index contributed by atoms with van der Waals surface area (Å²) in [5, 5.41) is 0. The van der Waals surface area contributed by atoms with Crippen molar-refractivity contribution in [1.29, 1.82) is 0 Å². The minimum Gasteiger partial charge on any atom is -0.468 e. The van der Waals surface area contributed by atoms with E-state index in [0.29, 0.717) is 0 Å². The van der Waals surface area contributed by atoms with Gasteiger partial charge < -0.3 is 16.2 Å². The van der Waals surface area contributed by atoms with Crippen LogP contribution in [0.1, 0.15) is 12.8 Å². The lowest BCUT2D eigenvalue weighted by Crippen LogP contribution is -2.34. The van der Waals surface area contributed by atoms with Gasteiger partial charge in [-0.3, -0.25) is 4.79 Å². The van der Waals surface area contributed by atoms with Gasteiger partial charge in [0.25, 0.3) is 0 Å². The van der Waals surface area contributed by atoms with Crippen LogP contribution in [0.2, 0.25) is 0 Å². The predicted octanol–water partition coefficient (Wildman–Crippen LogP) is -0.436. The van der Waals surface area contributed by atoms with Gasteiger partial charge in [-0.2, -0.15) is 0 Å². The first-order valence-corrected chi connectivity index (χ1v) is 3.79. The summed E-state index contributed by atoms with van der Waals surface area (Å²) in [5.74, 6) is -0.588. The number of alkyl halides is 1. The van der Waals surface area contributed by atoms with Gasteiger partial charge in [-0.05, 0) is 13.0 Å². The predicted molar refractivity (Wildman–Crippen MR) is 43.2 cm³/mol. The second kappa shape index (κ2) is 5.91. The van der Waals surface area contributed by atoms with E-state index in [1.165, 1.54) is 7.11 Å². The number of carbonyl (C=O) groups is 1. The molecule has 0 spiro atoms. The van der Waals surface area contributed by atoms with Crippen LogP contribution >= 0.6 is 0 Å². The summed E-state index contributed by atoms with van der Waals surface area (Å²) in [4.78, 5) is 10.7. The fraction of sp³-hybridized carbons (Fsp3) is 0.857. The molecule has 2 atom stereocenters. The standard InChI is InChI=1S/C7H15FN2O2/c1-12-7(11)6(10)4-5(8)2-3-9/h5-6H,2-4,9-10H2,1H3/t5?,6-/m0/s1. The van der Waals surface area contributed by atoms with Gasteiger partial charge in [0.05, 0.1) is 7.11 Å². The third kappa shape index (κ3) is 4.25. The van der Waals surface area contributed by atoms with E-state index >= 15 is 0 Å². The van der Waals surface area contributed by atoms with Gasteiger partial charge in [0.2, 0.25) is 0 Å². The molecule has 1 unspecified atom stereocenters. The fourth-order valence-electron chi connectivity index (χ4n) is 0.822. The van der Waals surface area contributed by atoms with E-state index in [1.54, 1.807) is 0 Å². The van der Waals surface area contributed by atoms with Crippen molar-refractivity contribution in [1.82, 2.24) is 0 Å². The molecule has 0 aliphatic rings. The minimum absolute atomic E-state index is 0.0239. The van der Waals surface area contributed by atoms with Crippen LogP contribution in [0.5, 0.6) is 0 Å². The van der Waals surface area contributed by atoms with E-state index < -0.39 is 18.2 Å². The highest BCUT2D eigenvalue weighted by atomic mass is 19.1. The smallest absolute Gasteiger partial charge is 0.322 e. The van der Waals surface area contributed by atoms with Crippen molar-refractivity contribution in [3.63, 3.8) is 0 Å². The highest BCUT2D eigenvalue weighted by molar-refractivity contribution is 5.75. The maximum Gasteiger partial charge on any atom is 0.322 e. The van der Waals surface area contributed by atoms with Gasteiger partial charge in [0.15, 0.2) is 0 Å². The van der Waals surface area contributed by atoms with E-state index in [1.807, 2.05) is 0 Å². The van der Waals surface area contributed by atoms with Crippen LogP contribution in [-0.4, -0.2) is 31.8 Å². The van der Waals surface area contributed by atoms with Gasteiger partial charge in [0.1, 0.15) is 12.2 Å². The Morgan fingerprint density at radius 1 is 1.67 bits per heavy atom. The summed E-state index contributed by atoms with van der Waals surface area (Å²) in [6, 6.07) is -0.878. The largest absolute Gasteiger partial charge is 0.468 e. The van der Waals surface area contributed by atoms with Gasteiger partial charge in [0, 0.05) is 6.42 Å². The average Bonchev–Trinajstić information content (AvgIpc) is 2.03. The van der Waals surface area contributed by atoms with Crippen LogP contribution in [0.3, 0.4) is 0 Å². The fourth-order valence-corrected chi connectivity index (χ4v) is 0.822. The van der Waals surface area contributed by atoms with Crippen LogP contribution in [0.25, 0.3) is 0 Å². The molecule has 0 radical (unpaired) electrons. The number of nitrogens with two attached hydrogens (primary N) is 2. The molecule has 0 aliphatic heterocycles. The Hall–Kier alpha value is -0.680. The molecule has 0 rings (SSSR count). The molecule has 0 bridgehead atoms. The van der Waals surface area contributed by atoms with E-state index in [0.717, 1.165) is 0 Å². The van der Waals surface area contributed by atoms with Gasteiger partial charge in [-0.25, -0.2) is 4.39 Å². The Morgan fingerprint density at radius 3 is 2.67 bits per heavy atom. The van der Waals surface area contributed by atoms with Crippen LogP contribution in [-0.2, 0) is 9.53 Å². The quantitative estimate of drug-likeness (QED) is 0.559. The van der Waals surface area contributed by atoms with Crippen molar-refractivity contribution in [3.8, 4) is 0 Å². The topological polar surface area (TPSA) is 78.3 Å². The molecular weight excluding hydrogens is 163 g/mol. The Morgan fingerprint density at radius 2 is 2.25 bits per heavy atom. The van der Waals surface area contributed by atoms with Gasteiger partial charge >= 0.3 is 5.97 Å². The molecule has 72 valence electrons. The third-order valence-electron chi connectivity index (χ3n) is 1.49. The third-order valence-corrected chi connectivity index (χ3v) is 1.49. The van der Waals surface area contributed by atoms with Crippen molar-refractivity contribution in [2.45, 2.75) is 25.1 Å². The lowest BCUT2D eigenvalue weighted by Gasteiger charge is -2.11. The molecular formula is C7H15FN2O2. The van der Waals surface area contributed by atoms with Crippen molar-refractivity contribution in [2.24, 2.45) is 11.5 Å². The molecule has 4 nitrogen and oxygen atoms in total. The number of methoxy groups -OCH3 is 1. The van der Waals surface area contributed by atoms with Gasteiger partial charge in [-0.1, -0.05) is 0 Å². The Labute approximate surface area is 71.0 Å². The molecule has 0 aromatic rings. The molecule has 0 aliphatic carbocycles. The molecule has 0 fully saturated rings. The highest BCUT2D eigenvalue weighted by Crippen LogP contribution is 2.05. The molecule has 12 heavy (non-hydrogen) atoms. The second-order valence-electron chi connectivity index (χ2n) is 2.54. The Bertz CT molecular complexity index is 143. The van der Waals surface area contributed by atoms with Crippen LogP contribution < -0.4 is 11.5 Å². The maximum absolute atomic E-state index is 12.8. The van der Waals surface area contributed by atoms with E-state index in [2.05, 4.69) is 4.74 Å². The number of hydrogen-bond acceptors (Lipinski definition) is 4. The lowest BCUT2D eigenvalue weighted by atomic mass is 10.1. The second-order valence-corrected chi connectivity index (χ2v) is 2.54. The number of halogens is 1. The summed E-state index contributed by atoms with van der Waals surface area (Å²) >= 11 is 0. The maximum atomic E-state index is 12.8. The molecule has 0 aromatic carbocycles. The summed E-state index contributed by atoms with van der Waals surface area (Å²) in [6.07, 6.45) is -0.918. The van der Waals surface area contributed by atoms with Crippen molar-refractivity contribution in [3.05, 3.63) is 0 Å². The lowest BCUT2D eigenvalue weighted by molar-refractivity contribution is -0.142. The molecule has 0 aromatic heterocycles. The first-order chi connectivity index (χ1) is 5.61. The van der Waals surface area contributed by atoms with Gasteiger partial charge in [-0.15, -0.1) is 0 Å². The number of hydrogen-bond donors (Lipinski definition) is 2. The van der Waals surface area contributed by atoms with Crippen molar-refractivity contribution in [2.75, 3.05) is 13.7 Å². The Balaban J connectivity index is 3.67. The van der Waals surface area contributed by atoms with Crippen LogP contribution in [0.15, 0.2) is 0 Å². The highest BCUT2D eigenvalue weighted by Gasteiger charge is 2.18. The van der Waals surface area contributed by atoms with E-state index in [9.17, 15) is 9.18 Å². The molecule has 0 saturated carbocycles. The minimum atomic E-state index is -1.12. The SMILES string of the molecule is COC(=O)[C@@H](N)CC(F)CCN. The number of rotatable bonds is 5. The summed E-state index contributed by atoms with van der Waals surface area (Å²) < 4.78 is 17.1. The van der Waals surface area contributed by atoms with Crippen LogP contribution in [0.4, 0.5) is 4.39 Å². The Kier molecular flexibility index (Phi) is 5.57. The first-order valence-electron chi connectivity index (χ1n) is 3.79. The normalized spacial score (nSPS) is 15.3. The van der Waals surface area contributed by atoms with Crippen molar-refractivity contribution < 1.29 is 13.9 Å². The summed E-state index contributed by atoms with van der Waals surface area (Å²) in [7, 11) is 1.22. The molecule has 4 N–H and O–H groups in total. The molecule has 5 heteroatoms. The summed E-state index contributed by atoms with van der Waals surface area (Å²) in [5.41, 5.74) is 10.4. The number of esters is 1. The first kappa shape index (κ1) is 11.3. The van der Waals surface area contributed by atoms with E-state index in [4.69, 9.17) is 11.5 Å².